The quantitative estimate of drug-likeness (QED) is 0.148. The van der Waals surface area contributed by atoms with Gasteiger partial charge in [-0.15, -0.1) is 0 Å². The Bertz CT molecular complexity index is 1330. The Morgan fingerprint density at radius 1 is 1.11 bits per heavy atom. The van der Waals surface area contributed by atoms with Gasteiger partial charge in [-0.05, 0) is 42.5 Å². The highest BCUT2D eigenvalue weighted by Crippen LogP contribution is 2.22. The molecule has 178 valence electrons. The van der Waals surface area contributed by atoms with Crippen molar-refractivity contribution >= 4 is 35.4 Å². The van der Waals surface area contributed by atoms with E-state index in [0.717, 1.165) is 0 Å². The minimum atomic E-state index is -0.565. The number of benzene rings is 2. The van der Waals surface area contributed by atoms with E-state index >= 15 is 0 Å². The van der Waals surface area contributed by atoms with Gasteiger partial charge in [-0.25, -0.2) is 5.43 Å². The summed E-state index contributed by atoms with van der Waals surface area (Å²) in [5.41, 5.74) is 3.33. The molecular weight excluding hydrogens is 456 g/mol. The Morgan fingerprint density at radius 2 is 1.89 bits per heavy atom. The van der Waals surface area contributed by atoms with Crippen molar-refractivity contribution in [3.05, 3.63) is 82.3 Å². The predicted octanol–water partition coefficient (Wildman–Crippen LogP) is 3.89. The lowest BCUT2D eigenvalue weighted by Gasteiger charge is -2.10. The number of hydrogen-bond acceptors (Lipinski definition) is 12. The number of methoxy groups -OCH3 is 1. The molecule has 0 amide bonds. The molecule has 0 unspecified atom stereocenters. The molecule has 35 heavy (non-hydrogen) atoms. The van der Waals surface area contributed by atoms with Crippen LogP contribution in [0.3, 0.4) is 0 Å². The van der Waals surface area contributed by atoms with Crippen LogP contribution in [0.5, 0.6) is 11.5 Å². The number of phenolic OH excluding ortho intramolecular Hbond substituents is 1. The lowest BCUT2D eigenvalue weighted by Crippen LogP contribution is -2.09. The van der Waals surface area contributed by atoms with E-state index < -0.39 is 4.92 Å². The molecule has 13 nitrogen and oxygen atoms in total. The number of ether oxygens (including phenoxy) is 1. The first-order valence-electron chi connectivity index (χ1n) is 10.2. The molecule has 2 aromatic carbocycles. The third kappa shape index (κ3) is 6.19. The highest BCUT2D eigenvalue weighted by atomic mass is 16.6. The number of nitro benzene ring substituents is 1. The van der Waals surface area contributed by atoms with Crippen molar-refractivity contribution in [2.75, 3.05) is 23.2 Å². The highest BCUT2D eigenvalue weighted by molar-refractivity contribution is 5.84. The maximum absolute atomic E-state index is 11.0. The van der Waals surface area contributed by atoms with Crippen LogP contribution < -0.4 is 20.8 Å². The van der Waals surface area contributed by atoms with Gasteiger partial charge < -0.3 is 24.9 Å². The predicted molar refractivity (Wildman–Crippen MR) is 128 cm³/mol. The average Bonchev–Trinajstić information content (AvgIpc) is 3.38. The molecule has 0 radical (unpaired) electrons. The molecular formula is C22H20N8O5. The number of anilines is 4. The van der Waals surface area contributed by atoms with Gasteiger partial charge in [-0.2, -0.15) is 20.1 Å². The van der Waals surface area contributed by atoms with Gasteiger partial charge >= 0.3 is 0 Å². The summed E-state index contributed by atoms with van der Waals surface area (Å²) >= 11 is 0. The van der Waals surface area contributed by atoms with Crippen LogP contribution in [0.1, 0.15) is 11.3 Å². The molecule has 2 aromatic heterocycles. The number of nitrogens with one attached hydrogen (secondary N) is 3. The molecule has 13 heteroatoms. The number of rotatable bonds is 10. The van der Waals surface area contributed by atoms with Crippen LogP contribution in [0.25, 0.3) is 0 Å². The molecule has 0 saturated carbocycles. The van der Waals surface area contributed by atoms with Gasteiger partial charge in [-0.1, -0.05) is 0 Å². The van der Waals surface area contributed by atoms with Crippen LogP contribution in [0.2, 0.25) is 0 Å². The lowest BCUT2D eigenvalue weighted by atomic mass is 10.2. The Labute approximate surface area is 198 Å². The van der Waals surface area contributed by atoms with Gasteiger partial charge in [0.1, 0.15) is 17.3 Å². The molecule has 0 aliphatic carbocycles. The number of aromatic nitrogens is 3. The van der Waals surface area contributed by atoms with Crippen molar-refractivity contribution in [3.8, 4) is 11.5 Å². The van der Waals surface area contributed by atoms with E-state index in [2.05, 4.69) is 36.1 Å². The summed E-state index contributed by atoms with van der Waals surface area (Å²) < 4.78 is 10.5. The number of aromatic hydroxyl groups is 1. The van der Waals surface area contributed by atoms with Crippen molar-refractivity contribution in [2.45, 2.75) is 6.54 Å². The lowest BCUT2D eigenvalue weighted by molar-refractivity contribution is -0.384. The SMILES string of the molecule is COc1ccc(Nc2nc(NCc3ccco3)nc(N/N=C\c3cc([N+](=O)[O-])ccc3O)n2)cc1. The van der Waals surface area contributed by atoms with Crippen LogP contribution in [0.4, 0.5) is 29.2 Å². The normalized spacial score (nSPS) is 10.8. The fourth-order valence-corrected chi connectivity index (χ4v) is 2.86. The molecule has 0 atom stereocenters. The minimum Gasteiger partial charge on any atom is -0.507 e. The molecule has 0 aliphatic heterocycles. The molecule has 0 saturated heterocycles. The van der Waals surface area contributed by atoms with Crippen molar-refractivity contribution in [3.63, 3.8) is 0 Å². The van der Waals surface area contributed by atoms with Crippen LogP contribution in [-0.2, 0) is 6.54 Å². The Hall–Kier alpha value is -5.20. The monoisotopic (exact) mass is 476 g/mol. The summed E-state index contributed by atoms with van der Waals surface area (Å²) in [5.74, 6) is 1.77. The van der Waals surface area contributed by atoms with Gasteiger partial charge in [0.2, 0.25) is 17.8 Å². The van der Waals surface area contributed by atoms with Gasteiger partial charge in [0, 0.05) is 23.4 Å². The number of nitro groups is 1. The largest absolute Gasteiger partial charge is 0.507 e. The Kier molecular flexibility index (Phi) is 6.97. The summed E-state index contributed by atoms with van der Waals surface area (Å²) in [6.45, 7) is 0.337. The van der Waals surface area contributed by atoms with Gasteiger partial charge in [0.25, 0.3) is 5.69 Å². The fraction of sp³-hybridized carbons (Fsp3) is 0.0909. The summed E-state index contributed by atoms with van der Waals surface area (Å²) in [4.78, 5) is 23.3. The highest BCUT2D eigenvalue weighted by Gasteiger charge is 2.10. The Morgan fingerprint density at radius 3 is 2.60 bits per heavy atom. The molecule has 0 fully saturated rings. The number of hydrazone groups is 1. The second-order valence-electron chi connectivity index (χ2n) is 6.96. The van der Waals surface area contributed by atoms with E-state index in [-0.39, 0.29) is 34.8 Å². The van der Waals surface area contributed by atoms with Crippen LogP contribution >= 0.6 is 0 Å². The molecule has 0 spiro atoms. The summed E-state index contributed by atoms with van der Waals surface area (Å²) in [5, 5.41) is 31.0. The Balaban J connectivity index is 1.55. The zero-order valence-corrected chi connectivity index (χ0v) is 18.4. The summed E-state index contributed by atoms with van der Waals surface area (Å²) in [6.07, 6.45) is 2.78. The number of furan rings is 1. The van der Waals surface area contributed by atoms with Gasteiger partial charge in [0.15, 0.2) is 0 Å². The topological polar surface area (TPSA) is 173 Å². The second-order valence-corrected chi connectivity index (χ2v) is 6.96. The maximum Gasteiger partial charge on any atom is 0.270 e. The van der Waals surface area contributed by atoms with Crippen molar-refractivity contribution < 1.29 is 19.2 Å². The third-order valence-corrected chi connectivity index (χ3v) is 4.57. The maximum atomic E-state index is 11.0. The first-order valence-corrected chi connectivity index (χ1v) is 10.2. The zero-order chi connectivity index (χ0) is 24.6. The van der Waals surface area contributed by atoms with Gasteiger partial charge in [-0.3, -0.25) is 10.1 Å². The first kappa shape index (κ1) is 23.0. The number of phenols is 1. The smallest absolute Gasteiger partial charge is 0.270 e. The van der Waals surface area contributed by atoms with E-state index in [1.54, 1.807) is 49.8 Å². The summed E-state index contributed by atoms with van der Waals surface area (Å²) in [6, 6.07) is 14.4. The number of non-ortho nitro benzene ring substituents is 1. The molecule has 4 aromatic rings. The second kappa shape index (κ2) is 10.6. The third-order valence-electron chi connectivity index (χ3n) is 4.57. The van der Waals surface area contributed by atoms with E-state index in [9.17, 15) is 15.2 Å². The van der Waals surface area contributed by atoms with Crippen molar-refractivity contribution in [1.82, 2.24) is 15.0 Å². The van der Waals surface area contributed by atoms with Crippen LogP contribution in [-0.4, -0.2) is 38.3 Å². The fourth-order valence-electron chi connectivity index (χ4n) is 2.86. The standard InChI is InChI=1S/C22H20N8O5/c1-34-17-7-4-15(5-8-17)25-21-26-20(23-13-18-3-2-10-35-18)27-22(28-21)29-24-12-14-11-16(30(32)33)6-9-19(14)31/h2-12,31H,13H2,1H3,(H3,23,25,26,27,28,29)/b24-12-. The van der Waals surface area contributed by atoms with Gasteiger partial charge in [0.05, 0.1) is 31.1 Å². The van der Waals surface area contributed by atoms with Crippen molar-refractivity contribution in [1.29, 1.82) is 0 Å². The molecule has 4 rings (SSSR count). The molecule has 0 aliphatic rings. The molecule has 2 heterocycles. The van der Waals surface area contributed by atoms with Crippen LogP contribution in [0, 0.1) is 10.1 Å². The minimum absolute atomic E-state index is 0.0825. The first-order chi connectivity index (χ1) is 17.0. The zero-order valence-electron chi connectivity index (χ0n) is 18.4. The van der Waals surface area contributed by atoms with Crippen LogP contribution in [0.15, 0.2) is 70.4 Å². The van der Waals surface area contributed by atoms with E-state index in [0.29, 0.717) is 23.7 Å². The average molecular weight is 476 g/mol. The van der Waals surface area contributed by atoms with E-state index in [1.165, 1.54) is 24.4 Å². The van der Waals surface area contributed by atoms with Crippen molar-refractivity contribution in [2.24, 2.45) is 5.10 Å². The molecule has 4 N–H and O–H groups in total. The number of hydrogen-bond donors (Lipinski definition) is 4. The number of nitrogens with zero attached hydrogens (tertiary/aromatic N) is 5. The summed E-state index contributed by atoms with van der Waals surface area (Å²) in [7, 11) is 1.58. The van der Waals surface area contributed by atoms with E-state index in [4.69, 9.17) is 9.15 Å². The molecule has 0 bridgehead atoms. The van der Waals surface area contributed by atoms with E-state index in [1.807, 2.05) is 0 Å².